The van der Waals surface area contributed by atoms with Crippen molar-refractivity contribution in [1.82, 2.24) is 5.06 Å². The maximum Gasteiger partial charge on any atom is 0.363 e. The number of carbonyl (C=O) groups is 3. The Morgan fingerprint density at radius 3 is 2.56 bits per heavy atom. The lowest BCUT2D eigenvalue weighted by atomic mass is 10.1. The van der Waals surface area contributed by atoms with Gasteiger partial charge in [-0.1, -0.05) is 24.8 Å². The van der Waals surface area contributed by atoms with Crippen molar-refractivity contribution in [3.63, 3.8) is 0 Å². The Morgan fingerprint density at radius 2 is 1.94 bits per heavy atom. The molecule has 0 spiro atoms. The van der Waals surface area contributed by atoms with Crippen LogP contribution in [0.2, 0.25) is 0 Å². The summed E-state index contributed by atoms with van der Waals surface area (Å²) in [6.07, 6.45) is 1.75. The predicted octanol–water partition coefficient (Wildman–Crippen LogP) is 1.55. The van der Waals surface area contributed by atoms with Crippen LogP contribution < -0.4 is 0 Å². The fourth-order valence-electron chi connectivity index (χ4n) is 1.59. The molecule has 0 bridgehead atoms. The van der Waals surface area contributed by atoms with Crippen LogP contribution in [0.25, 0.3) is 6.08 Å². The standard InChI is InChI=1S/C13H11NO4/c1-2-9-4-3-5-10(8-9)13(17)18-14-11(15)6-7-12(14)16/h2-5,8H,1,6-7H2. The fourth-order valence-corrected chi connectivity index (χ4v) is 1.59. The van der Waals surface area contributed by atoms with Crippen molar-refractivity contribution in [2.45, 2.75) is 12.8 Å². The number of hydrogen-bond donors (Lipinski definition) is 0. The lowest BCUT2D eigenvalue weighted by molar-refractivity contribution is -0.172. The van der Waals surface area contributed by atoms with E-state index >= 15 is 0 Å². The summed E-state index contributed by atoms with van der Waals surface area (Å²) in [4.78, 5) is 39.1. The third-order valence-electron chi connectivity index (χ3n) is 2.54. The van der Waals surface area contributed by atoms with Crippen molar-refractivity contribution in [2.24, 2.45) is 0 Å². The number of hydrogen-bond acceptors (Lipinski definition) is 4. The Hall–Kier alpha value is -2.43. The summed E-state index contributed by atoms with van der Waals surface area (Å²) in [5.41, 5.74) is 1.02. The van der Waals surface area contributed by atoms with Gasteiger partial charge in [-0.2, -0.15) is 0 Å². The first-order valence-electron chi connectivity index (χ1n) is 5.42. The number of carbonyl (C=O) groups excluding carboxylic acids is 3. The topological polar surface area (TPSA) is 63.7 Å². The molecule has 0 unspecified atom stereocenters. The molecule has 18 heavy (non-hydrogen) atoms. The molecule has 0 aromatic heterocycles. The molecule has 5 nitrogen and oxygen atoms in total. The number of nitrogens with zero attached hydrogens (tertiary/aromatic N) is 1. The van der Waals surface area contributed by atoms with Gasteiger partial charge in [0.15, 0.2) is 0 Å². The first-order chi connectivity index (χ1) is 8.61. The Morgan fingerprint density at radius 1 is 1.28 bits per heavy atom. The van der Waals surface area contributed by atoms with Gasteiger partial charge in [0.25, 0.3) is 11.8 Å². The Kier molecular flexibility index (Phi) is 3.23. The molecule has 1 heterocycles. The van der Waals surface area contributed by atoms with Gasteiger partial charge in [-0.3, -0.25) is 9.59 Å². The molecule has 0 radical (unpaired) electrons. The SMILES string of the molecule is C=Cc1cccc(C(=O)ON2C(=O)CCC2=O)c1. The molecule has 1 fully saturated rings. The molecule has 0 aliphatic carbocycles. The highest BCUT2D eigenvalue weighted by Gasteiger charge is 2.33. The van der Waals surface area contributed by atoms with Crippen LogP contribution in [-0.2, 0) is 14.4 Å². The van der Waals surface area contributed by atoms with Crippen LogP contribution in [0, 0.1) is 0 Å². The summed E-state index contributed by atoms with van der Waals surface area (Å²) in [5, 5.41) is 0.531. The van der Waals surface area contributed by atoms with Crippen molar-refractivity contribution < 1.29 is 19.2 Å². The van der Waals surface area contributed by atoms with E-state index in [1.165, 1.54) is 0 Å². The monoisotopic (exact) mass is 245 g/mol. The Balaban J connectivity index is 2.14. The van der Waals surface area contributed by atoms with Crippen LogP contribution in [-0.4, -0.2) is 22.8 Å². The van der Waals surface area contributed by atoms with Crippen molar-refractivity contribution in [2.75, 3.05) is 0 Å². The van der Waals surface area contributed by atoms with Crippen LogP contribution in [0.5, 0.6) is 0 Å². The number of benzene rings is 1. The molecule has 2 rings (SSSR count). The highest BCUT2D eigenvalue weighted by Crippen LogP contribution is 2.15. The van der Waals surface area contributed by atoms with E-state index in [1.54, 1.807) is 30.3 Å². The minimum atomic E-state index is -0.734. The van der Waals surface area contributed by atoms with Gasteiger partial charge in [-0.05, 0) is 17.7 Å². The highest BCUT2D eigenvalue weighted by atomic mass is 16.7. The van der Waals surface area contributed by atoms with Crippen molar-refractivity contribution in [1.29, 1.82) is 0 Å². The molecular weight excluding hydrogens is 234 g/mol. The zero-order valence-electron chi connectivity index (χ0n) is 9.59. The van der Waals surface area contributed by atoms with E-state index in [1.807, 2.05) is 0 Å². The van der Waals surface area contributed by atoms with E-state index in [-0.39, 0.29) is 18.4 Å². The Labute approximate surface area is 104 Å². The van der Waals surface area contributed by atoms with Crippen molar-refractivity contribution >= 4 is 23.9 Å². The molecule has 1 aliphatic heterocycles. The summed E-state index contributed by atoms with van der Waals surface area (Å²) >= 11 is 0. The molecule has 1 aliphatic rings. The lowest BCUT2D eigenvalue weighted by Crippen LogP contribution is -2.32. The summed E-state index contributed by atoms with van der Waals surface area (Å²) in [7, 11) is 0. The second-order valence-corrected chi connectivity index (χ2v) is 3.79. The van der Waals surface area contributed by atoms with Gasteiger partial charge in [0.1, 0.15) is 0 Å². The van der Waals surface area contributed by atoms with Gasteiger partial charge < -0.3 is 4.84 Å². The van der Waals surface area contributed by atoms with Crippen molar-refractivity contribution in [3.05, 3.63) is 42.0 Å². The van der Waals surface area contributed by atoms with E-state index in [0.29, 0.717) is 5.06 Å². The van der Waals surface area contributed by atoms with E-state index in [2.05, 4.69) is 6.58 Å². The van der Waals surface area contributed by atoms with Gasteiger partial charge in [-0.25, -0.2) is 4.79 Å². The van der Waals surface area contributed by atoms with E-state index in [4.69, 9.17) is 4.84 Å². The molecule has 2 amide bonds. The zero-order chi connectivity index (χ0) is 13.1. The molecule has 0 N–H and O–H groups in total. The minimum absolute atomic E-state index is 0.0822. The van der Waals surface area contributed by atoms with Crippen LogP contribution in [0.4, 0.5) is 0 Å². The molecule has 0 saturated carbocycles. The van der Waals surface area contributed by atoms with Crippen LogP contribution in [0.3, 0.4) is 0 Å². The average molecular weight is 245 g/mol. The summed E-state index contributed by atoms with van der Waals surface area (Å²) in [6.45, 7) is 3.59. The fraction of sp³-hybridized carbons (Fsp3) is 0.154. The van der Waals surface area contributed by atoms with Gasteiger partial charge in [0.2, 0.25) is 0 Å². The van der Waals surface area contributed by atoms with Crippen molar-refractivity contribution in [3.8, 4) is 0 Å². The minimum Gasteiger partial charge on any atom is -0.325 e. The smallest absolute Gasteiger partial charge is 0.325 e. The van der Waals surface area contributed by atoms with Gasteiger partial charge >= 0.3 is 5.97 Å². The molecule has 92 valence electrons. The van der Waals surface area contributed by atoms with Crippen LogP contribution in [0.1, 0.15) is 28.8 Å². The van der Waals surface area contributed by atoms with Gasteiger partial charge in [0, 0.05) is 12.8 Å². The quantitative estimate of drug-likeness (QED) is 0.758. The maximum absolute atomic E-state index is 11.8. The molecule has 1 aromatic carbocycles. The average Bonchev–Trinajstić information content (AvgIpc) is 2.70. The van der Waals surface area contributed by atoms with Crippen LogP contribution in [0.15, 0.2) is 30.8 Å². The summed E-state index contributed by atoms with van der Waals surface area (Å²) < 4.78 is 0. The first-order valence-corrected chi connectivity index (χ1v) is 5.42. The predicted molar refractivity (Wildman–Crippen MR) is 63.0 cm³/mol. The maximum atomic E-state index is 11.8. The first kappa shape index (κ1) is 12.0. The largest absolute Gasteiger partial charge is 0.363 e. The number of amides is 2. The summed E-state index contributed by atoms with van der Waals surface area (Å²) in [5.74, 6) is -1.72. The number of rotatable bonds is 3. The molecule has 1 saturated heterocycles. The molecule has 1 aromatic rings. The van der Waals surface area contributed by atoms with E-state index in [9.17, 15) is 14.4 Å². The van der Waals surface area contributed by atoms with Gasteiger partial charge in [-0.15, -0.1) is 5.06 Å². The van der Waals surface area contributed by atoms with E-state index in [0.717, 1.165) is 5.56 Å². The second-order valence-electron chi connectivity index (χ2n) is 3.79. The molecular formula is C13H11NO4. The third-order valence-corrected chi connectivity index (χ3v) is 2.54. The van der Waals surface area contributed by atoms with E-state index < -0.39 is 17.8 Å². The normalized spacial score (nSPS) is 14.8. The molecule has 5 heteroatoms. The van der Waals surface area contributed by atoms with Gasteiger partial charge in [0.05, 0.1) is 5.56 Å². The second kappa shape index (κ2) is 4.83. The number of hydroxylamine groups is 2. The highest BCUT2D eigenvalue weighted by molar-refractivity contribution is 6.02. The lowest BCUT2D eigenvalue weighted by Gasteiger charge is -2.12. The number of imide groups is 1. The Bertz CT molecular complexity index is 520. The molecule has 0 atom stereocenters. The zero-order valence-corrected chi connectivity index (χ0v) is 9.59. The third kappa shape index (κ3) is 2.29. The van der Waals surface area contributed by atoms with Crippen LogP contribution >= 0.6 is 0 Å². The summed E-state index contributed by atoms with van der Waals surface area (Å²) in [6, 6.07) is 6.55.